The number of H-pyrrole nitrogens is 1. The molecule has 33 heavy (non-hydrogen) atoms. The van der Waals surface area contributed by atoms with Crippen LogP contribution in [-0.4, -0.2) is 43.9 Å². The second-order valence-electron chi connectivity index (χ2n) is 7.86. The summed E-state index contributed by atoms with van der Waals surface area (Å²) < 4.78 is 6.34. The highest BCUT2D eigenvalue weighted by molar-refractivity contribution is 5.70. The third kappa shape index (κ3) is 6.17. The fourth-order valence-electron chi connectivity index (χ4n) is 3.68. The van der Waals surface area contributed by atoms with E-state index >= 15 is 0 Å². The van der Waals surface area contributed by atoms with Crippen molar-refractivity contribution in [3.8, 4) is 17.0 Å². The van der Waals surface area contributed by atoms with Crippen LogP contribution >= 0.6 is 0 Å². The summed E-state index contributed by atoms with van der Waals surface area (Å²) in [5, 5.41) is 20.1. The SMILES string of the molecule is COc1ccc(-c2ccc(CC[C@@H](O)C(CCc3cc(=O)[nH]c(=O)n3C)C(=O)O)cc2)cn1. The smallest absolute Gasteiger partial charge is 0.328 e. The Bertz CT molecular complexity index is 1200. The molecule has 0 aliphatic heterocycles. The number of methoxy groups -OCH3 is 1. The van der Waals surface area contributed by atoms with Crippen molar-refractivity contribution in [3.05, 3.63) is 80.8 Å². The van der Waals surface area contributed by atoms with Crippen LogP contribution < -0.4 is 16.0 Å². The number of hydrogen-bond donors (Lipinski definition) is 3. The Morgan fingerprint density at radius 1 is 1.09 bits per heavy atom. The second kappa shape index (κ2) is 10.7. The lowest BCUT2D eigenvalue weighted by atomic mass is 9.91. The quantitative estimate of drug-likeness (QED) is 0.426. The number of carbonyl (C=O) groups is 1. The Balaban J connectivity index is 1.60. The molecule has 0 spiro atoms. The molecule has 0 aliphatic carbocycles. The van der Waals surface area contributed by atoms with Crippen molar-refractivity contribution in [1.82, 2.24) is 14.5 Å². The molecule has 0 saturated carbocycles. The summed E-state index contributed by atoms with van der Waals surface area (Å²) in [6, 6.07) is 12.8. The number of aliphatic carboxylic acids is 1. The van der Waals surface area contributed by atoms with Crippen molar-refractivity contribution >= 4 is 5.97 Å². The zero-order chi connectivity index (χ0) is 24.0. The number of nitrogens with one attached hydrogen (secondary N) is 1. The van der Waals surface area contributed by atoms with Gasteiger partial charge in [-0.15, -0.1) is 0 Å². The molecule has 2 heterocycles. The molecule has 9 heteroatoms. The Labute approximate surface area is 190 Å². The monoisotopic (exact) mass is 453 g/mol. The predicted molar refractivity (Wildman–Crippen MR) is 122 cm³/mol. The summed E-state index contributed by atoms with van der Waals surface area (Å²) in [7, 11) is 3.07. The van der Waals surface area contributed by atoms with E-state index in [9.17, 15) is 24.6 Å². The highest BCUT2D eigenvalue weighted by Crippen LogP contribution is 2.22. The lowest BCUT2D eigenvalue weighted by Gasteiger charge is -2.19. The average molecular weight is 453 g/mol. The second-order valence-corrected chi connectivity index (χ2v) is 7.86. The van der Waals surface area contributed by atoms with Gasteiger partial charge in [0.1, 0.15) is 0 Å². The molecule has 3 rings (SSSR count). The minimum Gasteiger partial charge on any atom is -0.481 e. The molecule has 2 atom stereocenters. The van der Waals surface area contributed by atoms with E-state index in [4.69, 9.17) is 4.74 Å². The van der Waals surface area contributed by atoms with Crippen molar-refractivity contribution in [3.63, 3.8) is 0 Å². The van der Waals surface area contributed by atoms with E-state index in [1.807, 2.05) is 30.3 Å². The first-order valence-electron chi connectivity index (χ1n) is 10.6. The number of rotatable bonds is 10. The molecule has 0 saturated heterocycles. The lowest BCUT2D eigenvalue weighted by Crippen LogP contribution is -2.32. The minimum atomic E-state index is -1.11. The van der Waals surface area contributed by atoms with E-state index < -0.39 is 29.2 Å². The number of ether oxygens (including phenoxy) is 1. The Kier molecular flexibility index (Phi) is 7.78. The molecular weight excluding hydrogens is 426 g/mol. The first kappa shape index (κ1) is 23.9. The summed E-state index contributed by atoms with van der Waals surface area (Å²) >= 11 is 0. The minimum absolute atomic E-state index is 0.108. The van der Waals surface area contributed by atoms with Gasteiger partial charge in [-0.2, -0.15) is 0 Å². The van der Waals surface area contributed by atoms with E-state index in [-0.39, 0.29) is 19.3 Å². The average Bonchev–Trinajstić information content (AvgIpc) is 2.81. The van der Waals surface area contributed by atoms with Crippen LogP contribution in [0.25, 0.3) is 11.1 Å². The largest absolute Gasteiger partial charge is 0.481 e. The van der Waals surface area contributed by atoms with Gasteiger partial charge in [-0.3, -0.25) is 14.6 Å². The van der Waals surface area contributed by atoms with Gasteiger partial charge in [0.25, 0.3) is 5.56 Å². The van der Waals surface area contributed by atoms with Crippen LogP contribution in [0.3, 0.4) is 0 Å². The molecule has 0 radical (unpaired) electrons. The number of aromatic amines is 1. The van der Waals surface area contributed by atoms with E-state index in [0.29, 0.717) is 18.0 Å². The third-order valence-corrected chi connectivity index (χ3v) is 5.72. The summed E-state index contributed by atoms with van der Waals surface area (Å²) in [6.45, 7) is 0. The van der Waals surface area contributed by atoms with Crippen molar-refractivity contribution < 1.29 is 19.7 Å². The van der Waals surface area contributed by atoms with Crippen LogP contribution in [0.15, 0.2) is 58.3 Å². The number of aryl methyl sites for hydroxylation is 2. The normalized spacial score (nSPS) is 12.8. The van der Waals surface area contributed by atoms with Gasteiger partial charge in [0.05, 0.1) is 19.1 Å². The number of aromatic nitrogens is 3. The number of benzene rings is 1. The first-order chi connectivity index (χ1) is 15.8. The Morgan fingerprint density at radius 2 is 1.79 bits per heavy atom. The molecule has 1 aromatic carbocycles. The van der Waals surface area contributed by atoms with E-state index in [1.54, 1.807) is 19.4 Å². The van der Waals surface area contributed by atoms with Gasteiger partial charge in [-0.1, -0.05) is 24.3 Å². The van der Waals surface area contributed by atoms with Crippen LogP contribution in [0.2, 0.25) is 0 Å². The summed E-state index contributed by atoms with van der Waals surface area (Å²) in [4.78, 5) is 41.3. The molecule has 1 unspecified atom stereocenters. The van der Waals surface area contributed by atoms with E-state index in [0.717, 1.165) is 16.7 Å². The van der Waals surface area contributed by atoms with Gasteiger partial charge in [0, 0.05) is 36.6 Å². The molecule has 3 N–H and O–H groups in total. The van der Waals surface area contributed by atoms with Crippen molar-refractivity contribution in [1.29, 1.82) is 0 Å². The number of aliphatic hydroxyl groups excluding tert-OH is 1. The van der Waals surface area contributed by atoms with Crippen LogP contribution in [0.1, 0.15) is 24.1 Å². The fourth-order valence-corrected chi connectivity index (χ4v) is 3.68. The number of carboxylic acids is 1. The standard InChI is InChI=1S/C24H27N3O6/c1-27-18(13-21(29)26-24(27)32)9-10-19(23(30)31)20(28)11-5-15-3-6-16(7-4-15)17-8-12-22(33-2)25-14-17/h3-4,6-8,12-14,19-20,28H,5,9-11H2,1-2H3,(H,30,31)(H,26,29,32)/t19?,20-/m1/s1. The molecule has 0 bridgehead atoms. The number of pyridine rings is 1. The van der Waals surface area contributed by atoms with Gasteiger partial charge < -0.3 is 19.5 Å². The molecule has 0 fully saturated rings. The van der Waals surface area contributed by atoms with Crippen LogP contribution in [0, 0.1) is 5.92 Å². The molecule has 2 aromatic heterocycles. The molecule has 0 amide bonds. The van der Waals surface area contributed by atoms with Crippen LogP contribution in [-0.2, 0) is 24.7 Å². The maximum absolute atomic E-state index is 11.7. The van der Waals surface area contributed by atoms with Gasteiger partial charge in [-0.25, -0.2) is 9.78 Å². The zero-order valence-corrected chi connectivity index (χ0v) is 18.5. The molecule has 174 valence electrons. The number of aliphatic hydroxyl groups is 1. The van der Waals surface area contributed by atoms with E-state index in [2.05, 4.69) is 9.97 Å². The molecule has 3 aromatic rings. The number of hydrogen-bond acceptors (Lipinski definition) is 6. The van der Waals surface area contributed by atoms with Gasteiger partial charge in [-0.05, 0) is 42.9 Å². The fraction of sp³-hybridized carbons (Fsp3) is 0.333. The van der Waals surface area contributed by atoms with Gasteiger partial charge >= 0.3 is 11.7 Å². The van der Waals surface area contributed by atoms with Crippen molar-refractivity contribution in [2.24, 2.45) is 13.0 Å². The number of nitrogens with zero attached hydrogens (tertiary/aromatic N) is 2. The van der Waals surface area contributed by atoms with Crippen LogP contribution in [0.4, 0.5) is 0 Å². The highest BCUT2D eigenvalue weighted by atomic mass is 16.5. The Hall–Kier alpha value is -3.72. The topological polar surface area (TPSA) is 135 Å². The van der Waals surface area contributed by atoms with E-state index in [1.165, 1.54) is 17.7 Å². The zero-order valence-electron chi connectivity index (χ0n) is 18.5. The summed E-state index contributed by atoms with van der Waals surface area (Å²) in [5.41, 5.74) is 2.24. The summed E-state index contributed by atoms with van der Waals surface area (Å²) in [5.74, 6) is -1.58. The van der Waals surface area contributed by atoms with Crippen molar-refractivity contribution in [2.45, 2.75) is 31.8 Å². The first-order valence-corrected chi connectivity index (χ1v) is 10.6. The Morgan fingerprint density at radius 3 is 2.39 bits per heavy atom. The van der Waals surface area contributed by atoms with Gasteiger partial charge in [0.15, 0.2) is 0 Å². The molecular formula is C24H27N3O6. The highest BCUT2D eigenvalue weighted by Gasteiger charge is 2.26. The maximum Gasteiger partial charge on any atom is 0.328 e. The van der Waals surface area contributed by atoms with Crippen molar-refractivity contribution in [2.75, 3.05) is 7.11 Å². The van der Waals surface area contributed by atoms with Gasteiger partial charge in [0.2, 0.25) is 5.88 Å². The maximum atomic E-state index is 11.7. The number of carboxylic acid groups (broad SMARTS) is 1. The molecule has 9 nitrogen and oxygen atoms in total. The summed E-state index contributed by atoms with van der Waals surface area (Å²) in [6.07, 6.45) is 1.74. The third-order valence-electron chi connectivity index (χ3n) is 5.72. The lowest BCUT2D eigenvalue weighted by molar-refractivity contribution is -0.146. The molecule has 0 aliphatic rings. The van der Waals surface area contributed by atoms with Crippen LogP contribution in [0.5, 0.6) is 5.88 Å². The predicted octanol–water partition coefficient (Wildman–Crippen LogP) is 1.77.